The van der Waals surface area contributed by atoms with E-state index in [1.54, 1.807) is 0 Å². The Labute approximate surface area is 89.0 Å². The topological polar surface area (TPSA) is 47.9 Å². The first kappa shape index (κ1) is 10.2. The van der Waals surface area contributed by atoms with Gasteiger partial charge in [-0.3, -0.25) is 4.79 Å². The lowest BCUT2D eigenvalue weighted by Gasteiger charge is -2.20. The Kier molecular flexibility index (Phi) is 2.75. The molecule has 4 nitrogen and oxygen atoms in total. The smallest absolute Gasteiger partial charge is 0.260 e. The molecular formula is C11H15NO3. The predicted octanol–water partition coefficient (Wildman–Crippen LogP) is 1.66. The highest BCUT2D eigenvalue weighted by molar-refractivity contribution is 6.48. The van der Waals surface area contributed by atoms with E-state index in [-0.39, 0.29) is 11.7 Å². The van der Waals surface area contributed by atoms with Crippen molar-refractivity contribution < 1.29 is 14.3 Å². The van der Waals surface area contributed by atoms with Crippen molar-refractivity contribution in [1.29, 1.82) is 0 Å². The van der Waals surface area contributed by atoms with Gasteiger partial charge in [-0.2, -0.15) is 0 Å². The third-order valence-electron chi connectivity index (χ3n) is 2.98. The molecule has 0 bridgehead atoms. The summed E-state index contributed by atoms with van der Waals surface area (Å²) in [4.78, 5) is 16.0. The van der Waals surface area contributed by atoms with Gasteiger partial charge in [-0.1, -0.05) is 12.8 Å². The van der Waals surface area contributed by atoms with Gasteiger partial charge < -0.3 is 9.47 Å². The van der Waals surface area contributed by atoms with Crippen LogP contribution in [-0.2, 0) is 14.3 Å². The van der Waals surface area contributed by atoms with E-state index in [4.69, 9.17) is 9.47 Å². The number of carbonyl (C=O) groups is 1. The van der Waals surface area contributed by atoms with E-state index in [1.807, 2.05) is 0 Å². The summed E-state index contributed by atoms with van der Waals surface area (Å²) in [5, 5.41) is 0. The highest BCUT2D eigenvalue weighted by Crippen LogP contribution is 2.30. The Hall–Kier alpha value is -1.32. The van der Waals surface area contributed by atoms with Crippen LogP contribution in [-0.4, -0.2) is 25.7 Å². The number of hydrogen-bond donors (Lipinski definition) is 0. The maximum Gasteiger partial charge on any atom is 0.260 e. The van der Waals surface area contributed by atoms with Crippen molar-refractivity contribution in [2.75, 3.05) is 14.2 Å². The molecule has 1 aliphatic heterocycles. The first-order chi connectivity index (χ1) is 7.27. The van der Waals surface area contributed by atoms with Gasteiger partial charge in [0, 0.05) is 5.92 Å². The van der Waals surface area contributed by atoms with Crippen LogP contribution in [0.3, 0.4) is 0 Å². The molecular weight excluding hydrogens is 194 g/mol. The number of ether oxygens (including phenoxy) is 2. The zero-order valence-corrected chi connectivity index (χ0v) is 9.08. The lowest BCUT2D eigenvalue weighted by atomic mass is 9.96. The summed E-state index contributed by atoms with van der Waals surface area (Å²) in [7, 11) is 3.06. The average molecular weight is 209 g/mol. The summed E-state index contributed by atoms with van der Waals surface area (Å²) in [5.74, 6) is 1.20. The summed E-state index contributed by atoms with van der Waals surface area (Å²) in [5.41, 5.74) is 0.459. The summed E-state index contributed by atoms with van der Waals surface area (Å²) >= 11 is 0. The zero-order chi connectivity index (χ0) is 10.8. The minimum Gasteiger partial charge on any atom is -0.490 e. The van der Waals surface area contributed by atoms with E-state index in [9.17, 15) is 4.79 Å². The van der Waals surface area contributed by atoms with E-state index < -0.39 is 0 Å². The van der Waals surface area contributed by atoms with Gasteiger partial charge in [0.15, 0.2) is 11.5 Å². The van der Waals surface area contributed by atoms with E-state index in [0.29, 0.717) is 17.4 Å². The molecule has 1 saturated carbocycles. The van der Waals surface area contributed by atoms with Gasteiger partial charge in [0.05, 0.1) is 14.2 Å². The highest BCUT2D eigenvalue weighted by Gasteiger charge is 2.35. The molecule has 0 atom stereocenters. The Morgan fingerprint density at radius 2 is 1.93 bits per heavy atom. The number of carbonyl (C=O) groups excluding carboxylic acids is 1. The molecule has 4 heteroatoms. The van der Waals surface area contributed by atoms with Gasteiger partial charge in [-0.15, -0.1) is 0 Å². The normalized spacial score (nSPS) is 21.1. The summed E-state index contributed by atoms with van der Waals surface area (Å²) < 4.78 is 10.0. The third kappa shape index (κ3) is 1.64. The number of nitrogens with zero attached hydrogens (tertiary/aromatic N) is 1. The van der Waals surface area contributed by atoms with Crippen molar-refractivity contribution in [3.63, 3.8) is 0 Å². The van der Waals surface area contributed by atoms with Crippen molar-refractivity contribution in [1.82, 2.24) is 0 Å². The Morgan fingerprint density at radius 1 is 1.27 bits per heavy atom. The van der Waals surface area contributed by atoms with Crippen LogP contribution in [0.5, 0.6) is 0 Å². The first-order valence-corrected chi connectivity index (χ1v) is 5.23. The molecule has 0 saturated heterocycles. The molecule has 0 spiro atoms. The number of aliphatic imine (C=N–C) groups is 1. The number of rotatable bonds is 4. The summed E-state index contributed by atoms with van der Waals surface area (Å²) in [6.45, 7) is 0. The van der Waals surface area contributed by atoms with Crippen LogP contribution in [0, 0.1) is 5.92 Å². The van der Waals surface area contributed by atoms with E-state index >= 15 is 0 Å². The molecule has 0 N–H and O–H groups in total. The lowest BCUT2D eigenvalue weighted by molar-refractivity contribution is -0.116. The zero-order valence-electron chi connectivity index (χ0n) is 9.08. The van der Waals surface area contributed by atoms with Gasteiger partial charge in [-0.25, -0.2) is 4.99 Å². The maximum absolute atomic E-state index is 12.0. The van der Waals surface area contributed by atoms with Gasteiger partial charge >= 0.3 is 0 Å². The van der Waals surface area contributed by atoms with Crippen LogP contribution in [0.4, 0.5) is 0 Å². The molecule has 0 aromatic heterocycles. The van der Waals surface area contributed by atoms with Gasteiger partial charge in [0.1, 0.15) is 0 Å². The van der Waals surface area contributed by atoms with E-state index in [0.717, 1.165) is 25.7 Å². The molecule has 0 radical (unpaired) electrons. The van der Waals surface area contributed by atoms with Gasteiger partial charge in [-0.05, 0) is 12.8 Å². The fraction of sp³-hybridized carbons (Fsp3) is 0.636. The van der Waals surface area contributed by atoms with Crippen LogP contribution in [0.25, 0.3) is 0 Å². The molecule has 0 aromatic rings. The Balaban J connectivity index is 2.04. The monoisotopic (exact) mass is 209 g/mol. The standard InChI is InChI=1S/C11H15NO3/c1-14-10-8(12-11(10)15-2)9(13)7-5-3-4-6-7/h7H,3-6H2,1-2H3. The third-order valence-corrected chi connectivity index (χ3v) is 2.98. The second kappa shape index (κ2) is 4.04. The summed E-state index contributed by atoms with van der Waals surface area (Å²) in [6, 6.07) is 0. The molecule has 0 amide bonds. The van der Waals surface area contributed by atoms with Gasteiger partial charge in [0.25, 0.3) is 5.88 Å². The number of ketones is 1. The highest BCUT2D eigenvalue weighted by atomic mass is 16.5. The first-order valence-electron chi connectivity index (χ1n) is 5.23. The molecule has 1 fully saturated rings. The van der Waals surface area contributed by atoms with Crippen molar-refractivity contribution >= 4 is 11.5 Å². The summed E-state index contributed by atoms with van der Waals surface area (Å²) in [6.07, 6.45) is 4.26. The van der Waals surface area contributed by atoms with Gasteiger partial charge in [0.2, 0.25) is 5.76 Å². The number of hydrogen-bond acceptors (Lipinski definition) is 4. The Bertz CT molecular complexity index is 338. The van der Waals surface area contributed by atoms with E-state index in [2.05, 4.69) is 4.99 Å². The quantitative estimate of drug-likeness (QED) is 0.707. The second-order valence-corrected chi connectivity index (χ2v) is 3.85. The largest absolute Gasteiger partial charge is 0.490 e. The predicted molar refractivity (Wildman–Crippen MR) is 55.4 cm³/mol. The number of allylic oxidation sites excluding steroid dienone is 1. The minimum absolute atomic E-state index is 0.116. The van der Waals surface area contributed by atoms with Crippen molar-refractivity contribution in [3.8, 4) is 0 Å². The fourth-order valence-electron chi connectivity index (χ4n) is 2.12. The van der Waals surface area contributed by atoms with Crippen molar-refractivity contribution in [3.05, 3.63) is 11.6 Å². The molecule has 1 heterocycles. The van der Waals surface area contributed by atoms with Crippen LogP contribution in [0.2, 0.25) is 0 Å². The second-order valence-electron chi connectivity index (χ2n) is 3.85. The van der Waals surface area contributed by atoms with E-state index in [1.165, 1.54) is 14.2 Å². The molecule has 82 valence electrons. The SMILES string of the molecule is COC1=C(OC)C(C(=O)C2CCCC2)=N1. The molecule has 2 rings (SSSR count). The van der Waals surface area contributed by atoms with Crippen LogP contribution in [0.1, 0.15) is 25.7 Å². The fourth-order valence-corrected chi connectivity index (χ4v) is 2.12. The molecule has 15 heavy (non-hydrogen) atoms. The van der Waals surface area contributed by atoms with Crippen LogP contribution >= 0.6 is 0 Å². The van der Waals surface area contributed by atoms with Crippen LogP contribution in [0.15, 0.2) is 16.6 Å². The average Bonchev–Trinajstić information content (AvgIpc) is 2.70. The van der Waals surface area contributed by atoms with Crippen LogP contribution < -0.4 is 0 Å². The molecule has 1 aliphatic carbocycles. The molecule has 0 aromatic carbocycles. The minimum atomic E-state index is 0.116. The molecule has 2 aliphatic rings. The lowest BCUT2D eigenvalue weighted by Crippen LogP contribution is -2.30. The number of methoxy groups -OCH3 is 2. The molecule has 0 unspecified atom stereocenters. The van der Waals surface area contributed by atoms with Crippen molar-refractivity contribution in [2.24, 2.45) is 10.9 Å². The number of Topliss-reactive ketones (excluding diaryl/α,β-unsaturated/α-hetero) is 1. The maximum atomic E-state index is 12.0. The Morgan fingerprint density at radius 3 is 2.47 bits per heavy atom. The van der Waals surface area contributed by atoms with Crippen molar-refractivity contribution in [2.45, 2.75) is 25.7 Å².